The van der Waals surface area contributed by atoms with Crippen LogP contribution in [0.3, 0.4) is 0 Å². The average Bonchev–Trinajstić information content (AvgIpc) is 3.11. The Morgan fingerprint density at radius 2 is 1.96 bits per heavy atom. The molecule has 0 spiro atoms. The zero-order chi connectivity index (χ0) is 18.4. The second-order valence-corrected chi connectivity index (χ2v) is 6.38. The van der Waals surface area contributed by atoms with Crippen molar-refractivity contribution in [3.05, 3.63) is 42.2 Å². The molecule has 0 unspecified atom stereocenters. The Kier molecular flexibility index (Phi) is 6.38. The zero-order valence-electron chi connectivity index (χ0n) is 15.2. The van der Waals surface area contributed by atoms with Crippen molar-refractivity contribution in [3.63, 3.8) is 0 Å². The number of nitrogens with zero attached hydrogens (tertiary/aromatic N) is 4. The fourth-order valence-corrected chi connectivity index (χ4v) is 3.19. The van der Waals surface area contributed by atoms with Gasteiger partial charge in [0, 0.05) is 57.7 Å². The number of amides is 1. The molecular formula is C19H26N4O3. The second-order valence-electron chi connectivity index (χ2n) is 6.38. The molecule has 2 aromatic rings. The van der Waals surface area contributed by atoms with Crippen LogP contribution in [0.25, 0.3) is 11.4 Å². The van der Waals surface area contributed by atoms with Crippen molar-refractivity contribution in [2.45, 2.75) is 0 Å². The van der Waals surface area contributed by atoms with Gasteiger partial charge in [0.05, 0.1) is 25.4 Å². The number of imidazole rings is 1. The summed E-state index contributed by atoms with van der Waals surface area (Å²) in [5.74, 6) is 0.855. The Hall–Kier alpha value is -2.22. The summed E-state index contributed by atoms with van der Waals surface area (Å²) in [4.78, 5) is 21.6. The van der Waals surface area contributed by atoms with E-state index in [0.717, 1.165) is 31.0 Å². The van der Waals surface area contributed by atoms with Crippen LogP contribution in [0.1, 0.15) is 10.4 Å². The van der Waals surface area contributed by atoms with E-state index in [-0.39, 0.29) is 12.5 Å². The number of aliphatic hydroxyl groups is 1. The Morgan fingerprint density at radius 3 is 2.65 bits per heavy atom. The number of rotatable bonds is 7. The molecule has 0 radical (unpaired) electrons. The molecule has 1 aliphatic rings. The number of piperazine rings is 1. The molecule has 0 bridgehead atoms. The number of hydrogen-bond donors (Lipinski definition) is 1. The van der Waals surface area contributed by atoms with Gasteiger partial charge in [-0.2, -0.15) is 0 Å². The summed E-state index contributed by atoms with van der Waals surface area (Å²) in [6.45, 7) is 4.93. The minimum absolute atomic E-state index is 0.0533. The molecule has 1 saturated heterocycles. The Morgan fingerprint density at radius 1 is 1.19 bits per heavy atom. The standard InChI is InChI=1S/C19H26N4O3/c1-21-7-6-20-18(21)16-4-2-3-5-17(16)19(25)23-10-8-22(9-11-23)12-14-26-15-13-24/h2-7,24H,8-15H2,1H3. The highest BCUT2D eigenvalue weighted by Gasteiger charge is 2.24. The third-order valence-corrected chi connectivity index (χ3v) is 4.67. The zero-order valence-corrected chi connectivity index (χ0v) is 15.2. The van der Waals surface area contributed by atoms with Crippen LogP contribution >= 0.6 is 0 Å². The summed E-state index contributed by atoms with van der Waals surface area (Å²) in [6, 6.07) is 7.66. The molecule has 3 rings (SSSR count). The third-order valence-electron chi connectivity index (χ3n) is 4.67. The average molecular weight is 358 g/mol. The number of benzene rings is 1. The number of aliphatic hydroxyl groups excluding tert-OH is 1. The molecule has 140 valence electrons. The maximum absolute atomic E-state index is 13.1. The molecule has 1 aliphatic heterocycles. The lowest BCUT2D eigenvalue weighted by molar-refractivity contribution is 0.0487. The number of carbonyl (C=O) groups excluding carboxylic acids is 1. The largest absolute Gasteiger partial charge is 0.394 e. The van der Waals surface area contributed by atoms with Crippen molar-refractivity contribution in [2.24, 2.45) is 7.05 Å². The topological polar surface area (TPSA) is 70.8 Å². The first-order valence-electron chi connectivity index (χ1n) is 8.97. The molecule has 1 N–H and O–H groups in total. The summed E-state index contributed by atoms with van der Waals surface area (Å²) in [6.07, 6.45) is 3.63. The number of aromatic nitrogens is 2. The van der Waals surface area contributed by atoms with E-state index in [0.29, 0.717) is 31.9 Å². The Bertz CT molecular complexity index is 723. The van der Waals surface area contributed by atoms with E-state index in [1.807, 2.05) is 47.0 Å². The van der Waals surface area contributed by atoms with E-state index in [2.05, 4.69) is 9.88 Å². The van der Waals surface area contributed by atoms with Crippen molar-refractivity contribution < 1.29 is 14.6 Å². The first kappa shape index (κ1) is 18.6. The minimum atomic E-state index is 0.0533. The summed E-state index contributed by atoms with van der Waals surface area (Å²) in [5, 5.41) is 8.73. The molecule has 1 amide bonds. The molecule has 7 nitrogen and oxygen atoms in total. The number of aryl methyl sites for hydroxylation is 1. The predicted octanol–water partition coefficient (Wildman–Crippen LogP) is 0.854. The van der Waals surface area contributed by atoms with E-state index >= 15 is 0 Å². The molecule has 1 fully saturated rings. The summed E-state index contributed by atoms with van der Waals surface area (Å²) >= 11 is 0. The summed E-state index contributed by atoms with van der Waals surface area (Å²) < 4.78 is 7.24. The van der Waals surface area contributed by atoms with Gasteiger partial charge in [0.15, 0.2) is 0 Å². The molecule has 0 saturated carbocycles. The summed E-state index contributed by atoms with van der Waals surface area (Å²) in [5.41, 5.74) is 1.56. The quantitative estimate of drug-likeness (QED) is 0.743. The monoisotopic (exact) mass is 358 g/mol. The lowest BCUT2D eigenvalue weighted by atomic mass is 10.0. The molecule has 0 atom stereocenters. The summed E-state index contributed by atoms with van der Waals surface area (Å²) in [7, 11) is 1.93. The number of carbonyl (C=O) groups is 1. The van der Waals surface area contributed by atoms with Gasteiger partial charge in [0.25, 0.3) is 5.91 Å². The van der Waals surface area contributed by atoms with Crippen LogP contribution in [-0.2, 0) is 11.8 Å². The normalized spacial score (nSPS) is 15.4. The Labute approximate surface area is 153 Å². The fraction of sp³-hybridized carbons (Fsp3) is 0.474. The molecule has 26 heavy (non-hydrogen) atoms. The molecule has 0 aliphatic carbocycles. The van der Waals surface area contributed by atoms with Crippen LogP contribution < -0.4 is 0 Å². The minimum Gasteiger partial charge on any atom is -0.394 e. The van der Waals surface area contributed by atoms with Gasteiger partial charge in [-0.05, 0) is 6.07 Å². The number of ether oxygens (including phenoxy) is 1. The predicted molar refractivity (Wildman–Crippen MR) is 98.9 cm³/mol. The van der Waals surface area contributed by atoms with Gasteiger partial charge >= 0.3 is 0 Å². The van der Waals surface area contributed by atoms with E-state index in [1.54, 1.807) is 6.20 Å². The first-order valence-corrected chi connectivity index (χ1v) is 8.97. The van der Waals surface area contributed by atoms with Crippen molar-refractivity contribution in [2.75, 3.05) is 52.5 Å². The number of hydrogen-bond acceptors (Lipinski definition) is 5. The van der Waals surface area contributed by atoms with Gasteiger partial charge in [-0.15, -0.1) is 0 Å². The lowest BCUT2D eigenvalue weighted by Gasteiger charge is -2.35. The molecule has 2 heterocycles. The maximum Gasteiger partial charge on any atom is 0.254 e. The van der Waals surface area contributed by atoms with Gasteiger partial charge in [-0.25, -0.2) is 4.98 Å². The van der Waals surface area contributed by atoms with Gasteiger partial charge in [0.2, 0.25) is 0 Å². The van der Waals surface area contributed by atoms with Crippen molar-refractivity contribution in [3.8, 4) is 11.4 Å². The van der Waals surface area contributed by atoms with Crippen LogP contribution in [0.5, 0.6) is 0 Å². The highest BCUT2D eigenvalue weighted by molar-refractivity contribution is 6.00. The van der Waals surface area contributed by atoms with Crippen molar-refractivity contribution in [1.82, 2.24) is 19.4 Å². The second kappa shape index (κ2) is 8.93. The Balaban J connectivity index is 1.62. The van der Waals surface area contributed by atoms with Crippen molar-refractivity contribution >= 4 is 5.91 Å². The highest BCUT2D eigenvalue weighted by atomic mass is 16.5. The fourth-order valence-electron chi connectivity index (χ4n) is 3.19. The SMILES string of the molecule is Cn1ccnc1-c1ccccc1C(=O)N1CCN(CCOCCO)CC1. The first-order chi connectivity index (χ1) is 12.7. The van der Waals surface area contributed by atoms with E-state index in [4.69, 9.17) is 9.84 Å². The molecule has 1 aromatic heterocycles. The van der Waals surface area contributed by atoms with Crippen LogP contribution in [0, 0.1) is 0 Å². The smallest absolute Gasteiger partial charge is 0.254 e. The van der Waals surface area contributed by atoms with Gasteiger partial charge in [0.1, 0.15) is 5.82 Å². The van der Waals surface area contributed by atoms with E-state index in [9.17, 15) is 4.79 Å². The van der Waals surface area contributed by atoms with Gasteiger partial charge in [-0.3, -0.25) is 9.69 Å². The van der Waals surface area contributed by atoms with Crippen LogP contribution in [-0.4, -0.2) is 82.9 Å². The van der Waals surface area contributed by atoms with Crippen LogP contribution in [0.4, 0.5) is 0 Å². The van der Waals surface area contributed by atoms with E-state index < -0.39 is 0 Å². The maximum atomic E-state index is 13.1. The van der Waals surface area contributed by atoms with Crippen LogP contribution in [0.2, 0.25) is 0 Å². The third kappa shape index (κ3) is 4.30. The van der Waals surface area contributed by atoms with Gasteiger partial charge < -0.3 is 19.3 Å². The van der Waals surface area contributed by atoms with Crippen LogP contribution in [0.15, 0.2) is 36.7 Å². The van der Waals surface area contributed by atoms with E-state index in [1.165, 1.54) is 0 Å². The van der Waals surface area contributed by atoms with Gasteiger partial charge in [-0.1, -0.05) is 18.2 Å². The molecule has 1 aromatic carbocycles. The van der Waals surface area contributed by atoms with Crippen molar-refractivity contribution in [1.29, 1.82) is 0 Å². The molecular weight excluding hydrogens is 332 g/mol. The molecule has 7 heteroatoms. The lowest BCUT2D eigenvalue weighted by Crippen LogP contribution is -2.49. The highest BCUT2D eigenvalue weighted by Crippen LogP contribution is 2.23.